The molecule has 2 saturated carbocycles. The van der Waals surface area contributed by atoms with Crippen molar-refractivity contribution in [3.05, 3.63) is 23.3 Å². The van der Waals surface area contributed by atoms with E-state index in [1.54, 1.807) is 0 Å². The van der Waals surface area contributed by atoms with Gasteiger partial charge in [0.1, 0.15) is 11.3 Å². The second-order valence-corrected chi connectivity index (χ2v) is 11.3. The van der Waals surface area contributed by atoms with Gasteiger partial charge in [-0.25, -0.2) is 4.98 Å². The molecule has 0 atom stereocenters. The van der Waals surface area contributed by atoms with Crippen molar-refractivity contribution in [3.63, 3.8) is 0 Å². The zero-order valence-corrected chi connectivity index (χ0v) is 21.1. The second kappa shape index (κ2) is 9.96. The van der Waals surface area contributed by atoms with Gasteiger partial charge in [-0.3, -0.25) is 9.78 Å². The molecule has 2 aliphatic carbocycles. The van der Waals surface area contributed by atoms with E-state index in [0.717, 1.165) is 74.2 Å². The van der Waals surface area contributed by atoms with Crippen LogP contribution in [-0.2, 0) is 4.79 Å². The fourth-order valence-corrected chi connectivity index (χ4v) is 7.18. The number of hydrogen-bond donors (Lipinski definition) is 2. The summed E-state index contributed by atoms with van der Waals surface area (Å²) in [5, 5.41) is 12.1. The van der Waals surface area contributed by atoms with Crippen molar-refractivity contribution in [2.24, 2.45) is 11.8 Å². The number of likely N-dealkylation sites (tertiary alicyclic amines) is 1. The Morgan fingerprint density at radius 3 is 2.18 bits per heavy atom. The Labute approximate surface area is 203 Å². The van der Waals surface area contributed by atoms with E-state index >= 15 is 0 Å². The number of nitrogens with zero attached hydrogens (tertiary/aromatic N) is 3. The molecule has 3 fully saturated rings. The minimum atomic E-state index is -0.810. The average Bonchev–Trinajstić information content (AvgIpc) is 3.27. The maximum Gasteiger partial charge on any atom is 0.225 e. The zero-order valence-electron chi connectivity index (χ0n) is 21.1. The van der Waals surface area contributed by atoms with Crippen molar-refractivity contribution in [1.29, 1.82) is 0 Å². The Bertz CT molecular complexity index is 977. The molecule has 1 aliphatic heterocycles. The van der Waals surface area contributed by atoms with Crippen molar-refractivity contribution in [2.75, 3.05) is 13.1 Å². The SMILES string of the molecule is Cc1nc2c(C)ncc(C3CCN(C(=O)CC(O)(C4CCCCC4)C4CCCCC4)CC3)c2[nH]1. The smallest absolute Gasteiger partial charge is 0.225 e. The lowest BCUT2D eigenvalue weighted by Crippen LogP contribution is -2.51. The van der Waals surface area contributed by atoms with Gasteiger partial charge in [0, 0.05) is 19.3 Å². The van der Waals surface area contributed by atoms with Crippen LogP contribution < -0.4 is 0 Å². The maximum absolute atomic E-state index is 13.5. The Morgan fingerprint density at radius 2 is 1.59 bits per heavy atom. The minimum Gasteiger partial charge on any atom is -0.389 e. The molecule has 5 rings (SSSR count). The highest BCUT2D eigenvalue weighted by molar-refractivity contribution is 5.81. The summed E-state index contributed by atoms with van der Waals surface area (Å²) in [5.41, 5.74) is 3.46. The van der Waals surface area contributed by atoms with Crippen LogP contribution in [0.4, 0.5) is 0 Å². The molecule has 3 aliphatic rings. The van der Waals surface area contributed by atoms with Gasteiger partial charge in [0.05, 0.1) is 23.2 Å². The topological polar surface area (TPSA) is 82.1 Å². The molecule has 2 aromatic rings. The quantitative estimate of drug-likeness (QED) is 0.604. The molecular formula is C28H42N4O2. The van der Waals surface area contributed by atoms with Crippen LogP contribution in [0.1, 0.15) is 106 Å². The Morgan fingerprint density at radius 1 is 1.00 bits per heavy atom. The Kier molecular flexibility index (Phi) is 6.97. The van der Waals surface area contributed by atoms with Crippen LogP contribution in [0.25, 0.3) is 11.0 Å². The minimum absolute atomic E-state index is 0.168. The lowest BCUT2D eigenvalue weighted by Gasteiger charge is -2.46. The first kappa shape index (κ1) is 23.8. The third kappa shape index (κ3) is 4.62. The van der Waals surface area contributed by atoms with E-state index in [2.05, 4.69) is 15.0 Å². The molecule has 2 N–H and O–H groups in total. The number of imidazole rings is 1. The van der Waals surface area contributed by atoms with Gasteiger partial charge in [-0.2, -0.15) is 0 Å². The van der Waals surface area contributed by atoms with E-state index in [1.165, 1.54) is 44.1 Å². The van der Waals surface area contributed by atoms with E-state index in [1.807, 2.05) is 24.9 Å². The average molecular weight is 467 g/mol. The number of amides is 1. The first-order valence-corrected chi connectivity index (χ1v) is 13.8. The number of aliphatic hydroxyl groups is 1. The van der Waals surface area contributed by atoms with Crippen LogP contribution in [0.3, 0.4) is 0 Å². The normalized spacial score (nSPS) is 21.9. The van der Waals surface area contributed by atoms with Gasteiger partial charge < -0.3 is 15.0 Å². The third-order valence-electron chi connectivity index (χ3n) is 9.20. The first-order chi connectivity index (χ1) is 16.5. The molecule has 0 bridgehead atoms. The number of carbonyl (C=O) groups is 1. The number of aromatic nitrogens is 3. The number of carbonyl (C=O) groups excluding carboxylic acids is 1. The van der Waals surface area contributed by atoms with Crippen molar-refractivity contribution < 1.29 is 9.90 Å². The molecule has 0 aromatic carbocycles. The highest BCUT2D eigenvalue weighted by atomic mass is 16.3. The third-order valence-corrected chi connectivity index (χ3v) is 9.20. The monoisotopic (exact) mass is 466 g/mol. The van der Waals surface area contributed by atoms with E-state index in [0.29, 0.717) is 24.2 Å². The number of rotatable bonds is 5. The summed E-state index contributed by atoms with van der Waals surface area (Å²) in [7, 11) is 0. The van der Waals surface area contributed by atoms with Crippen LogP contribution >= 0.6 is 0 Å². The standard InChI is InChI=1S/C28H42N4O2/c1-19-26-27(31-20(2)30-26)24(18-29-19)21-13-15-32(16-14-21)25(33)17-28(34,22-9-5-3-6-10-22)23-11-7-4-8-12-23/h18,21-23,34H,3-17H2,1-2H3,(H,30,31). The van der Waals surface area contributed by atoms with Gasteiger partial charge in [-0.15, -0.1) is 0 Å². The molecule has 0 unspecified atom stereocenters. The fraction of sp³-hybridized carbons (Fsp3) is 0.750. The summed E-state index contributed by atoms with van der Waals surface area (Å²) < 4.78 is 0. The zero-order chi connectivity index (χ0) is 23.7. The van der Waals surface area contributed by atoms with Crippen molar-refractivity contribution in [3.8, 4) is 0 Å². The number of aryl methyl sites for hydroxylation is 2. The van der Waals surface area contributed by atoms with E-state index in [9.17, 15) is 9.90 Å². The number of nitrogens with one attached hydrogen (secondary N) is 1. The number of pyridine rings is 1. The summed E-state index contributed by atoms with van der Waals surface area (Å²) in [6.45, 7) is 5.52. The number of piperidine rings is 1. The van der Waals surface area contributed by atoms with Gasteiger partial charge in [0.2, 0.25) is 5.91 Å². The van der Waals surface area contributed by atoms with Gasteiger partial charge >= 0.3 is 0 Å². The predicted octanol–water partition coefficient (Wildman–Crippen LogP) is 5.56. The molecule has 6 heteroatoms. The van der Waals surface area contributed by atoms with Gasteiger partial charge in [0.15, 0.2) is 0 Å². The maximum atomic E-state index is 13.5. The summed E-state index contributed by atoms with van der Waals surface area (Å²) in [4.78, 5) is 28.2. The van der Waals surface area contributed by atoms with Crippen LogP contribution in [0.2, 0.25) is 0 Å². The van der Waals surface area contributed by atoms with Gasteiger partial charge in [0.25, 0.3) is 0 Å². The number of hydrogen-bond acceptors (Lipinski definition) is 4. The molecule has 1 saturated heterocycles. The van der Waals surface area contributed by atoms with E-state index in [-0.39, 0.29) is 5.91 Å². The predicted molar refractivity (Wildman–Crippen MR) is 135 cm³/mol. The Hall–Kier alpha value is -1.95. The van der Waals surface area contributed by atoms with Crippen LogP contribution in [0.15, 0.2) is 6.20 Å². The van der Waals surface area contributed by atoms with Gasteiger partial charge in [-0.1, -0.05) is 38.5 Å². The second-order valence-electron chi connectivity index (χ2n) is 11.3. The number of fused-ring (bicyclic) bond motifs is 1. The van der Waals surface area contributed by atoms with E-state index in [4.69, 9.17) is 0 Å². The largest absolute Gasteiger partial charge is 0.389 e. The molecule has 0 radical (unpaired) electrons. The van der Waals surface area contributed by atoms with Crippen molar-refractivity contribution in [2.45, 2.75) is 109 Å². The summed E-state index contributed by atoms with van der Waals surface area (Å²) in [6.07, 6.45) is 15.9. The summed E-state index contributed by atoms with van der Waals surface area (Å²) >= 11 is 0. The molecule has 34 heavy (non-hydrogen) atoms. The molecule has 3 heterocycles. The van der Waals surface area contributed by atoms with Crippen molar-refractivity contribution >= 4 is 16.9 Å². The molecule has 186 valence electrons. The molecule has 6 nitrogen and oxygen atoms in total. The first-order valence-electron chi connectivity index (χ1n) is 13.8. The van der Waals surface area contributed by atoms with E-state index < -0.39 is 5.60 Å². The lowest BCUT2D eigenvalue weighted by molar-refractivity contribution is -0.148. The van der Waals surface area contributed by atoms with Crippen LogP contribution in [0, 0.1) is 25.7 Å². The highest BCUT2D eigenvalue weighted by Crippen LogP contribution is 2.45. The summed E-state index contributed by atoms with van der Waals surface area (Å²) in [5.74, 6) is 2.06. The van der Waals surface area contributed by atoms with Crippen molar-refractivity contribution in [1.82, 2.24) is 19.9 Å². The number of H-pyrrole nitrogens is 1. The lowest BCUT2D eigenvalue weighted by atomic mass is 9.65. The Balaban J connectivity index is 1.27. The molecular weight excluding hydrogens is 424 g/mol. The summed E-state index contributed by atoms with van der Waals surface area (Å²) in [6, 6.07) is 0. The van der Waals surface area contributed by atoms with Gasteiger partial charge in [-0.05, 0) is 75.7 Å². The highest BCUT2D eigenvalue weighted by Gasteiger charge is 2.46. The van der Waals surface area contributed by atoms with Crippen LogP contribution in [-0.4, -0.2) is 49.6 Å². The number of aromatic amines is 1. The molecule has 1 amide bonds. The van der Waals surface area contributed by atoms with Crippen LogP contribution in [0.5, 0.6) is 0 Å². The molecule has 0 spiro atoms. The fourth-order valence-electron chi connectivity index (χ4n) is 7.18. The molecule has 2 aromatic heterocycles.